The summed E-state index contributed by atoms with van der Waals surface area (Å²) in [7, 11) is -3.60. The van der Waals surface area contributed by atoms with Crippen LogP contribution >= 0.6 is 46.4 Å². The van der Waals surface area contributed by atoms with E-state index in [1.807, 2.05) is 0 Å². The van der Waals surface area contributed by atoms with Crippen molar-refractivity contribution >= 4 is 73.7 Å². The lowest BCUT2D eigenvalue weighted by atomic mass is 10.2. The molecular weight excluding hydrogens is 454 g/mol. The zero-order valence-electron chi connectivity index (χ0n) is 14.2. The van der Waals surface area contributed by atoms with E-state index in [2.05, 4.69) is 5.32 Å². The van der Waals surface area contributed by atoms with Gasteiger partial charge >= 0.3 is 0 Å². The number of amides is 1. The molecule has 5 nitrogen and oxygen atoms in total. The molecule has 2 aromatic rings. The van der Waals surface area contributed by atoms with Gasteiger partial charge in [-0.1, -0.05) is 46.4 Å². The van der Waals surface area contributed by atoms with Crippen LogP contribution in [0.1, 0.15) is 12.8 Å². The van der Waals surface area contributed by atoms with Crippen molar-refractivity contribution in [1.29, 1.82) is 0 Å². The highest BCUT2D eigenvalue weighted by Gasteiger charge is 2.20. The summed E-state index contributed by atoms with van der Waals surface area (Å²) in [5.74, 6) is -0.301. The average molecular weight is 470 g/mol. The van der Waals surface area contributed by atoms with Crippen LogP contribution < -0.4 is 9.62 Å². The number of halogens is 4. The van der Waals surface area contributed by atoms with Crippen LogP contribution in [-0.4, -0.2) is 27.1 Å². The number of carbonyl (C=O) groups is 1. The summed E-state index contributed by atoms with van der Waals surface area (Å²) in [6.07, 6.45) is 1.42. The first kappa shape index (κ1) is 22.1. The summed E-state index contributed by atoms with van der Waals surface area (Å²) in [5, 5.41) is 4.05. The fourth-order valence-corrected chi connectivity index (χ4v) is 4.19. The van der Waals surface area contributed by atoms with E-state index >= 15 is 0 Å². The van der Waals surface area contributed by atoms with Gasteiger partial charge in [-0.15, -0.1) is 0 Å². The molecule has 0 unspecified atom stereocenters. The Morgan fingerprint density at radius 3 is 2.26 bits per heavy atom. The summed E-state index contributed by atoms with van der Waals surface area (Å²) in [6, 6.07) is 9.28. The summed E-state index contributed by atoms with van der Waals surface area (Å²) >= 11 is 23.9. The third-order valence-corrected chi connectivity index (χ3v) is 5.83. The molecule has 0 fully saturated rings. The number of carbonyl (C=O) groups excluding carboxylic acids is 1. The number of anilines is 2. The second kappa shape index (κ2) is 9.34. The summed E-state index contributed by atoms with van der Waals surface area (Å²) in [4.78, 5) is 12.1. The van der Waals surface area contributed by atoms with E-state index in [-0.39, 0.29) is 36.0 Å². The molecule has 1 N–H and O–H groups in total. The topological polar surface area (TPSA) is 66.5 Å². The minimum Gasteiger partial charge on any atom is -0.325 e. The molecule has 0 bridgehead atoms. The number of sulfonamides is 1. The Kier molecular flexibility index (Phi) is 7.65. The largest absolute Gasteiger partial charge is 0.325 e. The Labute approximate surface area is 178 Å². The van der Waals surface area contributed by atoms with E-state index in [0.717, 1.165) is 10.6 Å². The van der Waals surface area contributed by atoms with Gasteiger partial charge in [0.2, 0.25) is 15.9 Å². The molecule has 2 aromatic carbocycles. The molecule has 0 saturated carbocycles. The molecule has 0 radical (unpaired) electrons. The minimum atomic E-state index is -3.60. The maximum Gasteiger partial charge on any atom is 0.232 e. The van der Waals surface area contributed by atoms with Gasteiger partial charge in [0, 0.05) is 23.0 Å². The maximum absolute atomic E-state index is 12.1. The maximum atomic E-state index is 12.1. The van der Waals surface area contributed by atoms with Crippen molar-refractivity contribution in [3.63, 3.8) is 0 Å². The molecule has 10 heteroatoms. The van der Waals surface area contributed by atoms with Crippen molar-refractivity contribution in [2.24, 2.45) is 0 Å². The van der Waals surface area contributed by atoms with Crippen molar-refractivity contribution in [3.8, 4) is 0 Å². The van der Waals surface area contributed by atoms with Crippen LogP contribution in [0.25, 0.3) is 0 Å². The first-order valence-corrected chi connectivity index (χ1v) is 11.1. The smallest absolute Gasteiger partial charge is 0.232 e. The van der Waals surface area contributed by atoms with E-state index in [1.54, 1.807) is 18.2 Å². The van der Waals surface area contributed by atoms with Crippen LogP contribution in [0.3, 0.4) is 0 Å². The average Bonchev–Trinajstić information content (AvgIpc) is 2.56. The number of nitrogens with zero attached hydrogens (tertiary/aromatic N) is 1. The number of hydrogen-bond donors (Lipinski definition) is 1. The van der Waals surface area contributed by atoms with Crippen molar-refractivity contribution in [2.45, 2.75) is 12.8 Å². The Balaban J connectivity index is 2.03. The molecule has 0 aromatic heterocycles. The van der Waals surface area contributed by atoms with E-state index in [4.69, 9.17) is 46.4 Å². The Bertz CT molecular complexity index is 951. The second-order valence-electron chi connectivity index (χ2n) is 5.71. The van der Waals surface area contributed by atoms with Crippen molar-refractivity contribution in [3.05, 3.63) is 56.5 Å². The van der Waals surface area contributed by atoms with Gasteiger partial charge in [-0.3, -0.25) is 9.10 Å². The van der Waals surface area contributed by atoms with Gasteiger partial charge in [0.1, 0.15) is 0 Å². The third-order valence-electron chi connectivity index (χ3n) is 3.55. The van der Waals surface area contributed by atoms with Gasteiger partial charge in [0.15, 0.2) is 0 Å². The number of rotatable bonds is 7. The molecular formula is C17H16Cl4N2O3S. The van der Waals surface area contributed by atoms with Crippen molar-refractivity contribution in [2.75, 3.05) is 22.4 Å². The minimum absolute atomic E-state index is 0.0701. The fourth-order valence-electron chi connectivity index (χ4n) is 2.33. The standard InChI is InChI=1S/C17H16Cl4N2O3S/c1-27(25,26)23(16-10-12(19)4-6-13(16)20)8-2-3-17(24)22-15-7-5-11(18)9-14(15)21/h4-7,9-10H,2-3,8H2,1H3,(H,22,24). The van der Waals surface area contributed by atoms with Crippen LogP contribution in [0.2, 0.25) is 20.1 Å². The molecule has 0 aliphatic rings. The zero-order chi connectivity index (χ0) is 20.2. The van der Waals surface area contributed by atoms with E-state index in [9.17, 15) is 13.2 Å². The monoisotopic (exact) mass is 468 g/mol. The molecule has 0 spiro atoms. The highest BCUT2D eigenvalue weighted by Crippen LogP contribution is 2.31. The van der Waals surface area contributed by atoms with Gasteiger partial charge in [-0.05, 0) is 42.8 Å². The number of hydrogen-bond acceptors (Lipinski definition) is 3. The lowest BCUT2D eigenvalue weighted by Crippen LogP contribution is -2.31. The Morgan fingerprint density at radius 2 is 1.63 bits per heavy atom. The lowest BCUT2D eigenvalue weighted by Gasteiger charge is -2.23. The molecule has 0 heterocycles. The predicted octanol–water partition coefficient (Wildman–Crippen LogP) is 5.49. The quantitative estimate of drug-likeness (QED) is 0.583. The van der Waals surface area contributed by atoms with Gasteiger partial charge < -0.3 is 5.32 Å². The van der Waals surface area contributed by atoms with Crippen LogP contribution in [0.5, 0.6) is 0 Å². The van der Waals surface area contributed by atoms with Crippen LogP contribution in [0.4, 0.5) is 11.4 Å². The molecule has 2 rings (SSSR count). The van der Waals surface area contributed by atoms with Gasteiger partial charge in [0.05, 0.1) is 27.7 Å². The highest BCUT2D eigenvalue weighted by atomic mass is 35.5. The summed E-state index contributed by atoms with van der Waals surface area (Å²) in [5.41, 5.74) is 0.705. The first-order valence-electron chi connectivity index (χ1n) is 7.75. The Hall–Kier alpha value is -1.18. The molecule has 146 valence electrons. The second-order valence-corrected chi connectivity index (χ2v) is 9.30. The van der Waals surface area contributed by atoms with Gasteiger partial charge in [0.25, 0.3) is 0 Å². The first-order chi connectivity index (χ1) is 12.6. The number of benzene rings is 2. The molecule has 1 amide bonds. The Morgan fingerprint density at radius 1 is 1.00 bits per heavy atom. The molecule has 0 aliphatic carbocycles. The van der Waals surface area contributed by atoms with Crippen LogP contribution in [-0.2, 0) is 14.8 Å². The summed E-state index contributed by atoms with van der Waals surface area (Å²) < 4.78 is 25.4. The highest BCUT2D eigenvalue weighted by molar-refractivity contribution is 7.92. The van der Waals surface area contributed by atoms with Gasteiger partial charge in [-0.2, -0.15) is 0 Å². The van der Waals surface area contributed by atoms with E-state index in [0.29, 0.717) is 20.8 Å². The van der Waals surface area contributed by atoms with Crippen molar-refractivity contribution in [1.82, 2.24) is 0 Å². The third kappa shape index (κ3) is 6.43. The van der Waals surface area contributed by atoms with Crippen molar-refractivity contribution < 1.29 is 13.2 Å². The SMILES string of the molecule is CS(=O)(=O)N(CCCC(=O)Nc1ccc(Cl)cc1Cl)c1cc(Cl)ccc1Cl. The zero-order valence-corrected chi connectivity index (χ0v) is 18.0. The lowest BCUT2D eigenvalue weighted by molar-refractivity contribution is -0.116. The van der Waals surface area contributed by atoms with Crippen LogP contribution in [0, 0.1) is 0 Å². The number of nitrogens with one attached hydrogen (secondary N) is 1. The fraction of sp³-hybridized carbons (Fsp3) is 0.235. The predicted molar refractivity (Wildman–Crippen MR) is 113 cm³/mol. The molecule has 0 saturated heterocycles. The normalized spacial score (nSPS) is 11.3. The molecule has 0 aliphatic heterocycles. The van der Waals surface area contributed by atoms with E-state index in [1.165, 1.54) is 18.2 Å². The summed E-state index contributed by atoms with van der Waals surface area (Å²) in [6.45, 7) is 0.0701. The molecule has 27 heavy (non-hydrogen) atoms. The van der Waals surface area contributed by atoms with Gasteiger partial charge in [-0.25, -0.2) is 8.42 Å². The molecule has 0 atom stereocenters. The van der Waals surface area contributed by atoms with Crippen LogP contribution in [0.15, 0.2) is 36.4 Å². The van der Waals surface area contributed by atoms with E-state index < -0.39 is 10.0 Å².